The van der Waals surface area contributed by atoms with E-state index in [4.69, 9.17) is 0 Å². The van der Waals surface area contributed by atoms with Crippen LogP contribution in [0, 0.1) is 13.8 Å². The zero-order chi connectivity index (χ0) is 9.42. The quantitative estimate of drug-likeness (QED) is 0.707. The van der Waals surface area contributed by atoms with Gasteiger partial charge in [0.1, 0.15) is 5.82 Å². The molecule has 0 amide bonds. The molecule has 0 radical (unpaired) electrons. The Morgan fingerprint density at radius 3 is 2.77 bits per heavy atom. The molecule has 13 heavy (non-hydrogen) atoms. The van der Waals surface area contributed by atoms with Gasteiger partial charge in [-0.05, 0) is 43.5 Å². The Morgan fingerprint density at radius 1 is 1.31 bits per heavy atom. The van der Waals surface area contributed by atoms with Crippen LogP contribution >= 0.6 is 0 Å². The zero-order valence-corrected chi connectivity index (χ0v) is 8.31. The van der Waals surface area contributed by atoms with Crippen molar-refractivity contribution in [1.29, 1.82) is 0 Å². The molecule has 1 aromatic heterocycles. The Bertz CT molecular complexity index is 441. The summed E-state index contributed by atoms with van der Waals surface area (Å²) in [5, 5.41) is 0. The first-order valence-electron chi connectivity index (χ1n) is 4.66. The lowest BCUT2D eigenvalue weighted by Gasteiger charge is -2.01. The molecule has 0 saturated heterocycles. The van der Waals surface area contributed by atoms with Crippen molar-refractivity contribution in [1.82, 2.24) is 9.97 Å². The molecule has 0 unspecified atom stereocenters. The number of aromatic amines is 1. The van der Waals surface area contributed by atoms with Crippen molar-refractivity contribution in [2.75, 3.05) is 0 Å². The number of H-pyrrole nitrogens is 1. The van der Waals surface area contributed by atoms with Crippen LogP contribution in [-0.4, -0.2) is 9.97 Å². The van der Waals surface area contributed by atoms with Gasteiger partial charge in [-0.1, -0.05) is 6.92 Å². The molecule has 2 aromatic rings. The number of aromatic nitrogens is 2. The first kappa shape index (κ1) is 8.30. The summed E-state index contributed by atoms with van der Waals surface area (Å²) in [6.45, 7) is 6.31. The number of benzene rings is 1. The van der Waals surface area contributed by atoms with Gasteiger partial charge < -0.3 is 4.98 Å². The van der Waals surface area contributed by atoms with Crippen LogP contribution in [0.3, 0.4) is 0 Å². The monoisotopic (exact) mass is 174 g/mol. The third-order valence-corrected chi connectivity index (χ3v) is 2.44. The molecule has 0 saturated carbocycles. The largest absolute Gasteiger partial charge is 0.342 e. The second-order valence-electron chi connectivity index (χ2n) is 3.47. The maximum atomic E-state index is 4.41. The topological polar surface area (TPSA) is 28.7 Å². The molecular formula is C11H14N2. The molecule has 68 valence electrons. The predicted molar refractivity (Wildman–Crippen MR) is 54.9 cm³/mol. The van der Waals surface area contributed by atoms with Crippen LogP contribution in [-0.2, 0) is 6.42 Å². The van der Waals surface area contributed by atoms with E-state index in [1.165, 1.54) is 11.1 Å². The van der Waals surface area contributed by atoms with Crippen molar-refractivity contribution in [3.63, 3.8) is 0 Å². The van der Waals surface area contributed by atoms with Gasteiger partial charge in [-0.15, -0.1) is 0 Å². The highest BCUT2D eigenvalue weighted by Crippen LogP contribution is 2.17. The molecule has 0 aliphatic carbocycles. The van der Waals surface area contributed by atoms with Crippen LogP contribution in [0.5, 0.6) is 0 Å². The minimum absolute atomic E-state index is 0.989. The van der Waals surface area contributed by atoms with E-state index in [1.54, 1.807) is 0 Å². The van der Waals surface area contributed by atoms with Gasteiger partial charge in [-0.2, -0.15) is 0 Å². The highest BCUT2D eigenvalue weighted by Gasteiger charge is 2.02. The smallest absolute Gasteiger partial charge is 0.104 e. The number of hydrogen-bond donors (Lipinski definition) is 1. The van der Waals surface area contributed by atoms with Gasteiger partial charge >= 0.3 is 0 Å². The highest BCUT2D eigenvalue weighted by atomic mass is 14.9. The SMILES string of the molecule is CCc1cc2nc(C)[nH]c2cc1C. The van der Waals surface area contributed by atoms with Gasteiger partial charge in [0.15, 0.2) is 0 Å². The van der Waals surface area contributed by atoms with E-state index in [9.17, 15) is 0 Å². The van der Waals surface area contributed by atoms with E-state index in [1.807, 2.05) is 6.92 Å². The molecule has 0 atom stereocenters. The number of aryl methyl sites for hydroxylation is 3. The number of hydrogen-bond acceptors (Lipinski definition) is 1. The van der Waals surface area contributed by atoms with E-state index in [2.05, 4.69) is 35.9 Å². The maximum Gasteiger partial charge on any atom is 0.104 e. The van der Waals surface area contributed by atoms with Crippen LogP contribution in [0.4, 0.5) is 0 Å². The van der Waals surface area contributed by atoms with Crippen LogP contribution in [0.1, 0.15) is 23.9 Å². The number of rotatable bonds is 1. The van der Waals surface area contributed by atoms with Crippen molar-refractivity contribution in [3.05, 3.63) is 29.1 Å². The Kier molecular flexibility index (Phi) is 1.83. The lowest BCUT2D eigenvalue weighted by molar-refractivity contribution is 1.11. The summed E-state index contributed by atoms with van der Waals surface area (Å²) >= 11 is 0. The fourth-order valence-electron chi connectivity index (χ4n) is 1.72. The number of fused-ring (bicyclic) bond motifs is 1. The average molecular weight is 174 g/mol. The Hall–Kier alpha value is -1.31. The molecule has 2 nitrogen and oxygen atoms in total. The summed E-state index contributed by atoms with van der Waals surface area (Å²) in [7, 11) is 0. The van der Waals surface area contributed by atoms with E-state index >= 15 is 0 Å². The van der Waals surface area contributed by atoms with Crippen LogP contribution in [0.25, 0.3) is 11.0 Å². The minimum Gasteiger partial charge on any atom is -0.342 e. The Morgan fingerprint density at radius 2 is 2.08 bits per heavy atom. The number of nitrogens with zero attached hydrogens (tertiary/aromatic N) is 1. The second-order valence-corrected chi connectivity index (χ2v) is 3.47. The molecule has 0 bridgehead atoms. The predicted octanol–water partition coefficient (Wildman–Crippen LogP) is 2.74. The van der Waals surface area contributed by atoms with Gasteiger partial charge in [-0.3, -0.25) is 0 Å². The fourth-order valence-corrected chi connectivity index (χ4v) is 1.72. The fraction of sp³-hybridized carbons (Fsp3) is 0.364. The van der Waals surface area contributed by atoms with E-state index < -0.39 is 0 Å². The average Bonchev–Trinajstić information content (AvgIpc) is 2.42. The summed E-state index contributed by atoms with van der Waals surface area (Å²) in [6, 6.07) is 4.35. The molecule has 2 rings (SSSR count). The van der Waals surface area contributed by atoms with Gasteiger partial charge in [0.05, 0.1) is 11.0 Å². The first-order valence-corrected chi connectivity index (χ1v) is 4.66. The minimum atomic E-state index is 0.989. The van der Waals surface area contributed by atoms with E-state index in [0.29, 0.717) is 0 Å². The number of nitrogens with one attached hydrogen (secondary N) is 1. The highest BCUT2D eigenvalue weighted by molar-refractivity contribution is 5.77. The standard InChI is InChI=1S/C11H14N2/c1-4-9-6-11-10(5-7(9)2)12-8(3)13-11/h5-6H,4H2,1-3H3,(H,12,13). The molecule has 1 heterocycles. The summed E-state index contributed by atoms with van der Waals surface area (Å²) in [5.74, 6) is 0.989. The van der Waals surface area contributed by atoms with Crippen molar-refractivity contribution >= 4 is 11.0 Å². The molecule has 1 N–H and O–H groups in total. The first-order chi connectivity index (χ1) is 6.20. The third kappa shape index (κ3) is 1.32. The molecule has 0 fully saturated rings. The van der Waals surface area contributed by atoms with Gasteiger partial charge in [0.25, 0.3) is 0 Å². The Labute approximate surface area is 78.0 Å². The van der Waals surface area contributed by atoms with Crippen LogP contribution in [0.15, 0.2) is 12.1 Å². The van der Waals surface area contributed by atoms with E-state index in [0.717, 1.165) is 23.3 Å². The van der Waals surface area contributed by atoms with Crippen molar-refractivity contribution in [2.45, 2.75) is 27.2 Å². The normalized spacial score (nSPS) is 11.0. The van der Waals surface area contributed by atoms with Crippen LogP contribution in [0.2, 0.25) is 0 Å². The Balaban J connectivity index is 2.72. The second kappa shape index (κ2) is 2.87. The molecule has 0 aliphatic rings. The van der Waals surface area contributed by atoms with Gasteiger partial charge in [0, 0.05) is 0 Å². The number of imidazole rings is 1. The summed E-state index contributed by atoms with van der Waals surface area (Å²) in [4.78, 5) is 7.65. The summed E-state index contributed by atoms with van der Waals surface area (Å²) in [5.41, 5.74) is 4.96. The van der Waals surface area contributed by atoms with Crippen molar-refractivity contribution in [2.24, 2.45) is 0 Å². The third-order valence-electron chi connectivity index (χ3n) is 2.44. The van der Waals surface area contributed by atoms with Gasteiger partial charge in [-0.25, -0.2) is 4.98 Å². The lowest BCUT2D eigenvalue weighted by atomic mass is 10.1. The lowest BCUT2D eigenvalue weighted by Crippen LogP contribution is -1.85. The maximum absolute atomic E-state index is 4.41. The van der Waals surface area contributed by atoms with Gasteiger partial charge in [0.2, 0.25) is 0 Å². The van der Waals surface area contributed by atoms with Crippen molar-refractivity contribution < 1.29 is 0 Å². The summed E-state index contributed by atoms with van der Waals surface area (Å²) in [6.07, 6.45) is 1.08. The molecule has 1 aromatic carbocycles. The van der Waals surface area contributed by atoms with Crippen molar-refractivity contribution in [3.8, 4) is 0 Å². The molecule has 0 spiro atoms. The molecule has 0 aliphatic heterocycles. The van der Waals surface area contributed by atoms with Crippen LogP contribution < -0.4 is 0 Å². The summed E-state index contributed by atoms with van der Waals surface area (Å²) < 4.78 is 0. The molecular weight excluding hydrogens is 160 g/mol. The zero-order valence-electron chi connectivity index (χ0n) is 8.31. The molecule has 2 heteroatoms. The van der Waals surface area contributed by atoms with E-state index in [-0.39, 0.29) is 0 Å².